The number of aliphatic carboxylic acids is 2. The molecule has 0 spiro atoms. The van der Waals surface area contributed by atoms with Gasteiger partial charge in [-0.05, 0) is 6.92 Å². The second kappa shape index (κ2) is 23.9. The van der Waals surface area contributed by atoms with Gasteiger partial charge in [0.2, 0.25) is 0 Å². The molecule has 2 atom stereocenters. The molecular formula is C9H20N2Na4O11S2. The second-order valence-corrected chi connectivity index (χ2v) is 7.12. The number of allylic oxidation sites excluding steroid dienone is 1. The molecule has 0 aliphatic heterocycles. The standard InChI is InChI=1S/2C3H7NO5S.C3H6O.4Na/c2*4-2(3(5)6)1-10(7,8)9;1-3(2)4;;;;/h2*2H,1,4H2,(H,5,6)(H,7,8,9);4H,1H2,2H3;;;;/t2*2-;;;;;/m00...../s1. The SMILES string of the molecule is C=C(C)O.N[C@@H](CS(=O)(=O)O)C(=O)O.N[C@@H](CS(=O)(=O)O)C(=O)O.[Na].[Na].[Na].[Na]. The molecule has 0 aromatic rings. The fourth-order valence-electron chi connectivity index (χ4n) is 0.596. The van der Waals surface area contributed by atoms with Crippen LogP contribution in [0.15, 0.2) is 12.3 Å². The number of rotatable bonds is 6. The normalized spacial score (nSPS) is 11.3. The van der Waals surface area contributed by atoms with E-state index in [4.69, 9.17) is 35.9 Å². The van der Waals surface area contributed by atoms with Gasteiger partial charge in [-0.3, -0.25) is 18.7 Å². The van der Waals surface area contributed by atoms with Crippen molar-refractivity contribution in [3.05, 3.63) is 12.3 Å². The molecule has 0 aromatic heterocycles. The molecule has 0 aliphatic rings. The van der Waals surface area contributed by atoms with Gasteiger partial charge >= 0.3 is 11.9 Å². The minimum atomic E-state index is -4.27. The van der Waals surface area contributed by atoms with Crippen molar-refractivity contribution in [1.82, 2.24) is 0 Å². The molecule has 0 rings (SSSR count). The van der Waals surface area contributed by atoms with E-state index in [1.807, 2.05) is 0 Å². The topological polar surface area (TPSA) is 256 Å². The van der Waals surface area contributed by atoms with Crippen LogP contribution in [0.3, 0.4) is 0 Å². The number of aliphatic hydroxyl groups excluding tert-OH is 1. The van der Waals surface area contributed by atoms with Crippen LogP contribution in [-0.4, -0.2) is 195 Å². The van der Waals surface area contributed by atoms with Crippen LogP contribution in [-0.2, 0) is 29.8 Å². The Kier molecular flexibility index (Phi) is 40.8. The van der Waals surface area contributed by atoms with Crippen LogP contribution in [0.25, 0.3) is 0 Å². The van der Waals surface area contributed by atoms with Gasteiger partial charge in [0.25, 0.3) is 20.2 Å². The molecule has 0 aliphatic carbocycles. The first-order chi connectivity index (χ1) is 10.4. The average Bonchev–Trinajstić information content (AvgIpc) is 2.23. The first-order valence-electron chi connectivity index (χ1n) is 5.60. The summed E-state index contributed by atoms with van der Waals surface area (Å²) in [5.74, 6) is -4.67. The number of aliphatic hydroxyl groups is 1. The Morgan fingerprint density at radius 3 is 0.964 bits per heavy atom. The van der Waals surface area contributed by atoms with Crippen molar-refractivity contribution >= 4 is 150 Å². The smallest absolute Gasteiger partial charge is 0.321 e. The van der Waals surface area contributed by atoms with Crippen molar-refractivity contribution in [1.29, 1.82) is 0 Å². The summed E-state index contributed by atoms with van der Waals surface area (Å²) >= 11 is 0. The van der Waals surface area contributed by atoms with Crippen molar-refractivity contribution in [2.75, 3.05) is 11.5 Å². The fraction of sp³-hybridized carbons (Fsp3) is 0.556. The third-order valence-corrected chi connectivity index (χ3v) is 2.98. The molecule has 13 nitrogen and oxygen atoms in total. The van der Waals surface area contributed by atoms with E-state index in [0.717, 1.165) is 0 Å². The minimum absolute atomic E-state index is 0. The maximum atomic E-state index is 9.96. The van der Waals surface area contributed by atoms with Gasteiger partial charge in [0.05, 0.1) is 5.76 Å². The zero-order valence-electron chi connectivity index (χ0n) is 16.4. The summed E-state index contributed by atoms with van der Waals surface area (Å²) in [7, 11) is -8.55. The Hall–Kier alpha value is 2.22. The van der Waals surface area contributed by atoms with E-state index in [0.29, 0.717) is 0 Å². The molecule has 0 aromatic carbocycles. The van der Waals surface area contributed by atoms with Gasteiger partial charge in [-0.25, -0.2) is 0 Å². The van der Waals surface area contributed by atoms with Gasteiger partial charge < -0.3 is 26.8 Å². The van der Waals surface area contributed by atoms with E-state index in [9.17, 15) is 26.4 Å². The molecule has 19 heteroatoms. The molecule has 28 heavy (non-hydrogen) atoms. The fourth-order valence-corrected chi connectivity index (χ4v) is 1.79. The first kappa shape index (κ1) is 47.9. The maximum Gasteiger partial charge on any atom is 0.321 e. The molecule has 4 radical (unpaired) electrons. The number of hydrogen-bond acceptors (Lipinski definition) is 9. The number of carbonyl (C=O) groups is 2. The van der Waals surface area contributed by atoms with Gasteiger partial charge in [-0.15, -0.1) is 0 Å². The number of nitrogens with two attached hydrogens (primary N) is 2. The first-order valence-corrected chi connectivity index (χ1v) is 8.82. The zero-order chi connectivity index (χ0) is 20.3. The van der Waals surface area contributed by atoms with E-state index >= 15 is 0 Å². The summed E-state index contributed by atoms with van der Waals surface area (Å²) in [4.78, 5) is 19.8. The maximum absolute atomic E-state index is 9.96. The monoisotopic (exact) mass is 488 g/mol. The van der Waals surface area contributed by atoms with Crippen LogP contribution in [0.2, 0.25) is 0 Å². The van der Waals surface area contributed by atoms with Gasteiger partial charge in [-0.2, -0.15) is 16.8 Å². The van der Waals surface area contributed by atoms with E-state index in [1.165, 1.54) is 6.92 Å². The predicted molar refractivity (Wildman–Crippen MR) is 105 cm³/mol. The minimum Gasteiger partial charge on any atom is -0.513 e. The Morgan fingerprint density at radius 1 is 0.786 bits per heavy atom. The van der Waals surface area contributed by atoms with Crippen LogP contribution in [0.4, 0.5) is 0 Å². The van der Waals surface area contributed by atoms with Gasteiger partial charge in [0.15, 0.2) is 0 Å². The molecule has 9 N–H and O–H groups in total. The largest absolute Gasteiger partial charge is 0.513 e. The van der Waals surface area contributed by atoms with Crippen molar-refractivity contribution < 1.29 is 50.8 Å². The van der Waals surface area contributed by atoms with Crippen molar-refractivity contribution in [2.45, 2.75) is 19.0 Å². The molecule has 0 unspecified atom stereocenters. The van der Waals surface area contributed by atoms with Gasteiger partial charge in [-0.1, -0.05) is 6.58 Å². The van der Waals surface area contributed by atoms with Gasteiger partial charge in [0.1, 0.15) is 23.6 Å². The predicted octanol–water partition coefficient (Wildman–Crippen LogP) is -3.87. The van der Waals surface area contributed by atoms with E-state index in [-0.39, 0.29) is 124 Å². The number of carboxylic acids is 2. The third-order valence-electron chi connectivity index (χ3n) is 1.41. The molecular weight excluding hydrogens is 468 g/mol. The summed E-state index contributed by atoms with van der Waals surface area (Å²) in [6, 6.07) is -3.12. The molecule has 0 saturated heterocycles. The van der Waals surface area contributed by atoms with E-state index in [1.54, 1.807) is 0 Å². The van der Waals surface area contributed by atoms with E-state index in [2.05, 4.69) is 6.58 Å². The summed E-state index contributed by atoms with van der Waals surface area (Å²) in [5.41, 5.74) is 9.53. The summed E-state index contributed by atoms with van der Waals surface area (Å²) < 4.78 is 56.0. The van der Waals surface area contributed by atoms with Crippen LogP contribution in [0.1, 0.15) is 6.92 Å². The van der Waals surface area contributed by atoms with Crippen LogP contribution < -0.4 is 11.5 Å². The van der Waals surface area contributed by atoms with E-state index < -0.39 is 55.8 Å². The molecule has 0 amide bonds. The van der Waals surface area contributed by atoms with Crippen molar-refractivity contribution in [3.8, 4) is 0 Å². The van der Waals surface area contributed by atoms with Crippen LogP contribution >= 0.6 is 0 Å². The molecule has 0 bridgehead atoms. The quantitative estimate of drug-likeness (QED) is 0.107. The summed E-state index contributed by atoms with van der Waals surface area (Å²) in [5, 5.41) is 24.0. The van der Waals surface area contributed by atoms with Crippen molar-refractivity contribution in [3.63, 3.8) is 0 Å². The molecule has 0 fully saturated rings. The Labute approximate surface area is 251 Å². The zero-order valence-corrected chi connectivity index (χ0v) is 26.1. The average molecular weight is 488 g/mol. The molecule has 0 saturated carbocycles. The third kappa shape index (κ3) is 51.1. The molecule has 148 valence electrons. The second-order valence-electron chi connectivity index (χ2n) is 4.12. The molecule has 0 heterocycles. The Bertz CT molecular complexity index is 588. The summed E-state index contributed by atoms with van der Waals surface area (Å²) in [6.45, 7) is 4.64. The Morgan fingerprint density at radius 2 is 0.929 bits per heavy atom. The number of hydrogen-bond donors (Lipinski definition) is 7. The Balaban J connectivity index is -0.0000000472. The summed E-state index contributed by atoms with van der Waals surface area (Å²) in [6.07, 6.45) is 0. The van der Waals surface area contributed by atoms with Gasteiger partial charge in [0, 0.05) is 118 Å². The van der Waals surface area contributed by atoms with Crippen LogP contribution in [0.5, 0.6) is 0 Å². The number of carboxylic acid groups (broad SMARTS) is 2. The van der Waals surface area contributed by atoms with Crippen LogP contribution in [0, 0.1) is 0 Å². The van der Waals surface area contributed by atoms with Crippen molar-refractivity contribution in [2.24, 2.45) is 11.5 Å².